The number of hydrogen-bond acceptors (Lipinski definition) is 6. The van der Waals surface area contributed by atoms with E-state index in [0.717, 1.165) is 13.1 Å². The third kappa shape index (κ3) is 7.01. The lowest BCUT2D eigenvalue weighted by atomic mass is 10.2. The van der Waals surface area contributed by atoms with Gasteiger partial charge in [-0.3, -0.25) is 14.5 Å². The van der Waals surface area contributed by atoms with Gasteiger partial charge in [-0.05, 0) is 55.5 Å². The van der Waals surface area contributed by atoms with Gasteiger partial charge in [-0.2, -0.15) is 4.72 Å². The Bertz CT molecular complexity index is 1040. The maximum atomic E-state index is 12.4. The molecule has 11 heteroatoms. The van der Waals surface area contributed by atoms with Crippen LogP contribution in [0.4, 0.5) is 11.4 Å². The molecule has 0 spiro atoms. The first-order chi connectivity index (χ1) is 15.2. The summed E-state index contributed by atoms with van der Waals surface area (Å²) in [6, 6.07) is 11.2. The van der Waals surface area contributed by atoms with Gasteiger partial charge < -0.3 is 15.4 Å². The van der Waals surface area contributed by atoms with Crippen LogP contribution in [-0.2, 0) is 24.3 Å². The Morgan fingerprint density at radius 1 is 1.00 bits per heavy atom. The fourth-order valence-electron chi connectivity index (χ4n) is 3.02. The van der Waals surface area contributed by atoms with E-state index in [9.17, 15) is 18.0 Å². The topological polar surface area (TPSA) is 117 Å². The Hall–Kier alpha value is -2.50. The molecule has 1 aliphatic heterocycles. The monoisotopic (exact) mass is 480 g/mol. The van der Waals surface area contributed by atoms with E-state index in [2.05, 4.69) is 15.4 Å². The van der Waals surface area contributed by atoms with Gasteiger partial charge in [0.05, 0.1) is 30.7 Å². The second kappa shape index (κ2) is 10.9. The highest BCUT2D eigenvalue weighted by molar-refractivity contribution is 7.89. The average molecular weight is 481 g/mol. The molecular weight excluding hydrogens is 456 g/mol. The van der Waals surface area contributed by atoms with E-state index in [1.807, 2.05) is 4.90 Å². The molecule has 0 radical (unpaired) electrons. The van der Waals surface area contributed by atoms with Crippen molar-refractivity contribution in [2.45, 2.75) is 17.9 Å². The summed E-state index contributed by atoms with van der Waals surface area (Å²) in [6.07, 6.45) is 0. The number of benzene rings is 2. The van der Waals surface area contributed by atoms with Gasteiger partial charge in [0.25, 0.3) is 0 Å². The molecule has 0 aliphatic carbocycles. The number of hydrogen-bond donors (Lipinski definition) is 3. The number of rotatable bonds is 8. The predicted molar refractivity (Wildman–Crippen MR) is 122 cm³/mol. The van der Waals surface area contributed by atoms with Crippen molar-refractivity contribution in [3.8, 4) is 0 Å². The van der Waals surface area contributed by atoms with Crippen LogP contribution in [0, 0.1) is 0 Å². The van der Waals surface area contributed by atoms with Crippen molar-refractivity contribution in [3.63, 3.8) is 0 Å². The summed E-state index contributed by atoms with van der Waals surface area (Å²) in [5.41, 5.74) is 1.07. The van der Waals surface area contributed by atoms with Gasteiger partial charge in [0.1, 0.15) is 0 Å². The van der Waals surface area contributed by atoms with Gasteiger partial charge in [0.2, 0.25) is 21.8 Å². The number of nitrogens with one attached hydrogen (secondary N) is 3. The Kier molecular flexibility index (Phi) is 8.21. The third-order valence-electron chi connectivity index (χ3n) is 4.76. The Morgan fingerprint density at radius 2 is 1.56 bits per heavy atom. The first kappa shape index (κ1) is 24.1. The smallest absolute Gasteiger partial charge is 0.242 e. The zero-order valence-electron chi connectivity index (χ0n) is 17.5. The quantitative estimate of drug-likeness (QED) is 0.531. The molecule has 2 aromatic carbocycles. The fraction of sp³-hybridized carbons (Fsp3) is 0.333. The molecule has 32 heavy (non-hydrogen) atoms. The Balaban J connectivity index is 1.51. The van der Waals surface area contributed by atoms with E-state index in [4.69, 9.17) is 16.3 Å². The van der Waals surface area contributed by atoms with Crippen LogP contribution >= 0.6 is 11.6 Å². The minimum Gasteiger partial charge on any atom is -0.379 e. The van der Waals surface area contributed by atoms with Crippen LogP contribution in [0.3, 0.4) is 0 Å². The van der Waals surface area contributed by atoms with Crippen molar-refractivity contribution in [2.24, 2.45) is 0 Å². The summed E-state index contributed by atoms with van der Waals surface area (Å²) in [4.78, 5) is 26.6. The summed E-state index contributed by atoms with van der Waals surface area (Å²) in [6.45, 7) is 4.42. The zero-order chi connectivity index (χ0) is 23.1. The second-order valence-electron chi connectivity index (χ2n) is 7.30. The lowest BCUT2D eigenvalue weighted by Crippen LogP contribution is -2.41. The SMILES string of the molecule is C[C@H](NS(=O)(=O)c1ccc(Cl)cc1)C(=O)Nc1ccc(NC(=O)CN2CCOCC2)cc1. The standard InChI is InChI=1S/C21H25ClN4O5S/c1-15(25-32(29,30)19-8-2-16(22)3-9-19)21(28)24-18-6-4-17(5-7-18)23-20(27)14-26-10-12-31-13-11-26/h2-9,15,25H,10-14H2,1H3,(H,23,27)(H,24,28)/t15-/m0/s1. The molecule has 1 fully saturated rings. The molecule has 9 nitrogen and oxygen atoms in total. The molecule has 3 N–H and O–H groups in total. The van der Waals surface area contributed by atoms with Crippen molar-refractivity contribution in [2.75, 3.05) is 43.5 Å². The zero-order valence-corrected chi connectivity index (χ0v) is 19.1. The normalized spacial score (nSPS) is 15.7. The molecule has 0 saturated carbocycles. The highest BCUT2D eigenvalue weighted by Gasteiger charge is 2.22. The summed E-state index contributed by atoms with van der Waals surface area (Å²) < 4.78 is 32.4. The first-order valence-electron chi connectivity index (χ1n) is 10.0. The summed E-state index contributed by atoms with van der Waals surface area (Å²) >= 11 is 5.78. The fourth-order valence-corrected chi connectivity index (χ4v) is 4.35. The molecule has 3 rings (SSSR count). The molecule has 0 aromatic heterocycles. The van der Waals surface area contributed by atoms with E-state index in [1.165, 1.54) is 31.2 Å². The third-order valence-corrected chi connectivity index (χ3v) is 6.56. The van der Waals surface area contributed by atoms with Gasteiger partial charge >= 0.3 is 0 Å². The van der Waals surface area contributed by atoms with Crippen molar-refractivity contribution >= 4 is 44.8 Å². The molecule has 2 aromatic rings. The van der Waals surface area contributed by atoms with E-state index < -0.39 is 22.0 Å². The summed E-state index contributed by atoms with van der Waals surface area (Å²) in [5.74, 6) is -0.652. The molecule has 0 unspecified atom stereocenters. The van der Waals surface area contributed by atoms with Gasteiger partial charge in [-0.15, -0.1) is 0 Å². The van der Waals surface area contributed by atoms with E-state index >= 15 is 0 Å². The van der Waals surface area contributed by atoms with Crippen LogP contribution in [0.15, 0.2) is 53.4 Å². The van der Waals surface area contributed by atoms with Crippen LogP contribution in [0.25, 0.3) is 0 Å². The predicted octanol–water partition coefficient (Wildman–Crippen LogP) is 1.92. The first-order valence-corrected chi connectivity index (χ1v) is 11.9. The summed E-state index contributed by atoms with van der Waals surface area (Å²) in [7, 11) is -3.87. The molecule has 172 valence electrons. The van der Waals surface area contributed by atoms with Gasteiger partial charge in [-0.1, -0.05) is 11.6 Å². The van der Waals surface area contributed by atoms with E-state index in [1.54, 1.807) is 24.3 Å². The van der Waals surface area contributed by atoms with Crippen LogP contribution in [0.1, 0.15) is 6.92 Å². The van der Waals surface area contributed by atoms with Crippen molar-refractivity contribution in [3.05, 3.63) is 53.6 Å². The molecular formula is C21H25ClN4O5S. The average Bonchev–Trinajstić information content (AvgIpc) is 2.75. The number of sulfonamides is 1. The minimum atomic E-state index is -3.87. The molecule has 1 atom stereocenters. The number of carbonyl (C=O) groups excluding carboxylic acids is 2. The van der Waals surface area contributed by atoms with Gasteiger partial charge in [0, 0.05) is 29.5 Å². The number of carbonyl (C=O) groups is 2. The largest absolute Gasteiger partial charge is 0.379 e. The number of morpholine rings is 1. The van der Waals surface area contributed by atoms with E-state index in [0.29, 0.717) is 29.6 Å². The lowest BCUT2D eigenvalue weighted by Gasteiger charge is -2.25. The molecule has 1 saturated heterocycles. The van der Waals surface area contributed by atoms with Crippen LogP contribution in [-0.4, -0.2) is 64.0 Å². The minimum absolute atomic E-state index is 0.0127. The Morgan fingerprint density at radius 3 is 2.16 bits per heavy atom. The maximum absolute atomic E-state index is 12.4. The van der Waals surface area contributed by atoms with Crippen LogP contribution in [0.2, 0.25) is 5.02 Å². The number of amides is 2. The summed E-state index contributed by atoms with van der Waals surface area (Å²) in [5, 5.41) is 5.87. The van der Waals surface area contributed by atoms with Crippen LogP contribution < -0.4 is 15.4 Å². The molecule has 1 heterocycles. The highest BCUT2D eigenvalue weighted by Crippen LogP contribution is 2.16. The second-order valence-corrected chi connectivity index (χ2v) is 9.45. The number of halogens is 1. The maximum Gasteiger partial charge on any atom is 0.242 e. The van der Waals surface area contributed by atoms with Crippen LogP contribution in [0.5, 0.6) is 0 Å². The van der Waals surface area contributed by atoms with Crippen molar-refractivity contribution < 1.29 is 22.7 Å². The van der Waals surface area contributed by atoms with Gasteiger partial charge in [0.15, 0.2) is 0 Å². The molecule has 1 aliphatic rings. The van der Waals surface area contributed by atoms with Crippen molar-refractivity contribution in [1.82, 2.24) is 9.62 Å². The van der Waals surface area contributed by atoms with Gasteiger partial charge in [-0.25, -0.2) is 8.42 Å². The number of ether oxygens (including phenoxy) is 1. The lowest BCUT2D eigenvalue weighted by molar-refractivity contribution is -0.118. The highest BCUT2D eigenvalue weighted by atomic mass is 35.5. The van der Waals surface area contributed by atoms with Crippen molar-refractivity contribution in [1.29, 1.82) is 0 Å². The van der Waals surface area contributed by atoms with E-state index in [-0.39, 0.29) is 17.3 Å². The Labute approximate surface area is 192 Å². The molecule has 2 amide bonds. The number of nitrogens with zero attached hydrogens (tertiary/aromatic N) is 1. The number of anilines is 2. The molecule has 0 bridgehead atoms.